The predicted octanol–water partition coefficient (Wildman–Crippen LogP) is 3.23. The van der Waals surface area contributed by atoms with E-state index in [0.29, 0.717) is 53.3 Å². The van der Waals surface area contributed by atoms with Crippen LogP contribution in [0, 0.1) is 11.3 Å². The average molecular weight is 507 g/mol. The third-order valence-corrected chi connectivity index (χ3v) is 6.68. The van der Waals surface area contributed by atoms with Crippen molar-refractivity contribution in [3.8, 4) is 17.3 Å². The summed E-state index contributed by atoms with van der Waals surface area (Å²) in [6.07, 6.45) is 4.47. The van der Waals surface area contributed by atoms with Gasteiger partial charge in [0, 0.05) is 30.8 Å². The molecule has 38 heavy (non-hydrogen) atoms. The quantitative estimate of drug-likeness (QED) is 0.382. The monoisotopic (exact) mass is 506 g/mol. The molecule has 2 aromatic heterocycles. The topological polar surface area (TPSA) is 143 Å². The Kier molecular flexibility index (Phi) is 6.82. The highest BCUT2D eigenvalue weighted by Gasteiger charge is 2.28. The molecule has 1 fully saturated rings. The van der Waals surface area contributed by atoms with Gasteiger partial charge >= 0.3 is 0 Å². The SMILES string of the molecule is C=CC(=O)N1CCC[C@@H](n2nc(-c3ccc(CNC(=O)c4cccc(C#N)c4)cc3)c3c(N)ncnc32)C1. The molecule has 190 valence electrons. The molecule has 0 radical (unpaired) electrons. The maximum absolute atomic E-state index is 12.5. The first-order valence-electron chi connectivity index (χ1n) is 12.3. The van der Waals surface area contributed by atoms with E-state index in [-0.39, 0.29) is 17.9 Å². The zero-order chi connectivity index (χ0) is 26.6. The van der Waals surface area contributed by atoms with Gasteiger partial charge in [0.1, 0.15) is 17.8 Å². The van der Waals surface area contributed by atoms with Gasteiger partial charge in [-0.15, -0.1) is 0 Å². The molecule has 1 atom stereocenters. The smallest absolute Gasteiger partial charge is 0.251 e. The Morgan fingerprint density at radius 3 is 2.79 bits per heavy atom. The maximum Gasteiger partial charge on any atom is 0.251 e. The largest absolute Gasteiger partial charge is 0.383 e. The van der Waals surface area contributed by atoms with Gasteiger partial charge in [-0.3, -0.25) is 9.59 Å². The van der Waals surface area contributed by atoms with Crippen molar-refractivity contribution in [2.24, 2.45) is 0 Å². The summed E-state index contributed by atoms with van der Waals surface area (Å²) in [5, 5.41) is 17.5. The van der Waals surface area contributed by atoms with Crippen molar-refractivity contribution in [1.29, 1.82) is 5.26 Å². The number of nitriles is 1. The summed E-state index contributed by atoms with van der Waals surface area (Å²) in [5.74, 6) is -0.0136. The van der Waals surface area contributed by atoms with Gasteiger partial charge in [-0.2, -0.15) is 10.4 Å². The number of nitrogens with zero attached hydrogens (tertiary/aromatic N) is 6. The normalized spacial score (nSPS) is 15.1. The molecule has 3 heterocycles. The summed E-state index contributed by atoms with van der Waals surface area (Å²) in [7, 11) is 0. The molecule has 1 saturated heterocycles. The highest BCUT2D eigenvalue weighted by atomic mass is 16.2. The Morgan fingerprint density at radius 2 is 2.03 bits per heavy atom. The molecule has 0 unspecified atom stereocenters. The van der Waals surface area contributed by atoms with Gasteiger partial charge in [0.2, 0.25) is 5.91 Å². The summed E-state index contributed by atoms with van der Waals surface area (Å²) in [6.45, 7) is 5.13. The second kappa shape index (κ2) is 10.5. The molecule has 0 aliphatic carbocycles. The van der Waals surface area contributed by atoms with E-state index >= 15 is 0 Å². The number of nitrogens with one attached hydrogen (secondary N) is 1. The number of carbonyl (C=O) groups is 2. The van der Waals surface area contributed by atoms with Crippen LogP contribution in [-0.4, -0.2) is 49.6 Å². The lowest BCUT2D eigenvalue weighted by molar-refractivity contribution is -0.127. The van der Waals surface area contributed by atoms with Crippen LogP contribution in [0.5, 0.6) is 0 Å². The Balaban J connectivity index is 1.38. The highest BCUT2D eigenvalue weighted by Crippen LogP contribution is 2.33. The minimum atomic E-state index is -0.253. The van der Waals surface area contributed by atoms with Crippen molar-refractivity contribution in [2.45, 2.75) is 25.4 Å². The third-order valence-electron chi connectivity index (χ3n) is 6.68. The maximum atomic E-state index is 12.5. The fraction of sp³-hybridized carbons (Fsp3) is 0.214. The molecule has 2 aromatic carbocycles. The Labute approximate surface area is 219 Å². The number of benzene rings is 2. The molecule has 0 saturated carbocycles. The van der Waals surface area contributed by atoms with Crippen molar-refractivity contribution in [1.82, 2.24) is 30.0 Å². The van der Waals surface area contributed by atoms with Gasteiger partial charge in [-0.25, -0.2) is 14.6 Å². The zero-order valence-electron chi connectivity index (χ0n) is 20.7. The minimum Gasteiger partial charge on any atom is -0.383 e. The lowest BCUT2D eigenvalue weighted by Crippen LogP contribution is -2.40. The highest BCUT2D eigenvalue weighted by molar-refractivity contribution is 5.98. The lowest BCUT2D eigenvalue weighted by Gasteiger charge is -2.32. The fourth-order valence-corrected chi connectivity index (χ4v) is 4.73. The molecule has 0 bridgehead atoms. The summed E-state index contributed by atoms with van der Waals surface area (Å²) in [6, 6.07) is 16.2. The fourth-order valence-electron chi connectivity index (χ4n) is 4.73. The second-order valence-corrected chi connectivity index (χ2v) is 9.11. The van der Waals surface area contributed by atoms with E-state index in [4.69, 9.17) is 16.1 Å². The molecular formula is C28H26N8O2. The van der Waals surface area contributed by atoms with E-state index in [2.05, 4.69) is 21.9 Å². The van der Waals surface area contributed by atoms with Gasteiger partial charge in [-0.05, 0) is 42.7 Å². The molecule has 2 amide bonds. The number of nitrogen functional groups attached to an aromatic ring is 1. The first kappa shape index (κ1) is 24.6. The van der Waals surface area contributed by atoms with Crippen LogP contribution in [0.1, 0.15) is 40.4 Å². The van der Waals surface area contributed by atoms with Gasteiger partial charge in [-0.1, -0.05) is 36.9 Å². The summed E-state index contributed by atoms with van der Waals surface area (Å²) in [5.41, 5.74) is 10.2. The predicted molar refractivity (Wildman–Crippen MR) is 143 cm³/mol. The molecule has 1 aliphatic rings. The van der Waals surface area contributed by atoms with Crippen molar-refractivity contribution in [2.75, 3.05) is 18.8 Å². The number of nitrogens with two attached hydrogens (primary N) is 1. The number of rotatable bonds is 6. The number of hydrogen-bond donors (Lipinski definition) is 2. The zero-order valence-corrected chi connectivity index (χ0v) is 20.7. The Bertz CT molecular complexity index is 1570. The summed E-state index contributed by atoms with van der Waals surface area (Å²) in [4.78, 5) is 35.2. The van der Waals surface area contributed by atoms with Crippen molar-refractivity contribution in [3.63, 3.8) is 0 Å². The first-order valence-corrected chi connectivity index (χ1v) is 12.3. The lowest BCUT2D eigenvalue weighted by atomic mass is 10.1. The van der Waals surface area contributed by atoms with Crippen LogP contribution < -0.4 is 11.1 Å². The molecule has 3 N–H and O–H groups in total. The minimum absolute atomic E-state index is 0.0489. The Hall–Kier alpha value is -5.04. The van der Waals surface area contributed by atoms with Crippen LogP contribution >= 0.6 is 0 Å². The van der Waals surface area contributed by atoms with E-state index in [1.165, 1.54) is 12.4 Å². The summed E-state index contributed by atoms with van der Waals surface area (Å²) >= 11 is 0. The number of aromatic nitrogens is 4. The molecule has 10 nitrogen and oxygen atoms in total. The van der Waals surface area contributed by atoms with Crippen LogP contribution in [0.25, 0.3) is 22.3 Å². The number of fused-ring (bicyclic) bond motifs is 1. The molecule has 1 aliphatic heterocycles. The number of anilines is 1. The molecule has 4 aromatic rings. The van der Waals surface area contributed by atoms with Gasteiger partial charge in [0.15, 0.2) is 5.65 Å². The van der Waals surface area contributed by atoms with E-state index in [1.807, 2.05) is 35.0 Å². The van der Waals surface area contributed by atoms with Crippen LogP contribution in [0.15, 0.2) is 67.5 Å². The van der Waals surface area contributed by atoms with Gasteiger partial charge in [0.05, 0.1) is 23.1 Å². The van der Waals surface area contributed by atoms with Gasteiger partial charge in [0.25, 0.3) is 5.91 Å². The third kappa shape index (κ3) is 4.82. The van der Waals surface area contributed by atoms with Crippen LogP contribution in [0.4, 0.5) is 5.82 Å². The Morgan fingerprint density at radius 1 is 1.21 bits per heavy atom. The first-order chi connectivity index (χ1) is 18.5. The molecular weight excluding hydrogens is 480 g/mol. The van der Waals surface area contributed by atoms with E-state index in [0.717, 1.165) is 24.0 Å². The van der Waals surface area contributed by atoms with E-state index in [9.17, 15) is 9.59 Å². The van der Waals surface area contributed by atoms with Crippen LogP contribution in [-0.2, 0) is 11.3 Å². The number of piperidine rings is 1. The van der Waals surface area contributed by atoms with Gasteiger partial charge < -0.3 is 16.0 Å². The second-order valence-electron chi connectivity index (χ2n) is 9.11. The molecule has 5 rings (SSSR count). The average Bonchev–Trinajstić information content (AvgIpc) is 3.37. The number of amides is 2. The number of hydrogen-bond acceptors (Lipinski definition) is 7. The number of carbonyl (C=O) groups excluding carboxylic acids is 2. The van der Waals surface area contributed by atoms with Crippen LogP contribution in [0.2, 0.25) is 0 Å². The van der Waals surface area contributed by atoms with Crippen molar-refractivity contribution >= 4 is 28.7 Å². The van der Waals surface area contributed by atoms with E-state index in [1.54, 1.807) is 29.2 Å². The van der Waals surface area contributed by atoms with Crippen molar-refractivity contribution in [3.05, 3.63) is 84.2 Å². The van der Waals surface area contributed by atoms with Crippen LogP contribution in [0.3, 0.4) is 0 Å². The standard InChI is InChI=1S/C28H26N8O2/c1-2-23(37)35-12-4-7-22(16-35)36-27-24(26(30)32-17-33-27)25(34-36)20-10-8-18(9-11-20)15-31-28(38)21-6-3-5-19(13-21)14-29/h2-3,5-6,8-11,13,17,22H,1,4,7,12,15-16H2,(H,31,38)(H2,30,32,33)/t22-/m1/s1. The van der Waals surface area contributed by atoms with E-state index < -0.39 is 0 Å². The summed E-state index contributed by atoms with van der Waals surface area (Å²) < 4.78 is 1.86. The molecule has 0 spiro atoms. The van der Waals surface area contributed by atoms with Crippen molar-refractivity contribution < 1.29 is 9.59 Å². The molecule has 10 heteroatoms. The number of likely N-dealkylation sites (tertiary alicyclic amines) is 1.